The van der Waals surface area contributed by atoms with Crippen molar-refractivity contribution < 1.29 is 41.1 Å². The van der Waals surface area contributed by atoms with Crippen LogP contribution in [-0.2, 0) is 5.41 Å². The average Bonchev–Trinajstić information content (AvgIpc) is 1.32. The van der Waals surface area contributed by atoms with Gasteiger partial charge in [-0.1, -0.05) is 238 Å². The molecule has 0 fully saturated rings. The van der Waals surface area contributed by atoms with Gasteiger partial charge in [0, 0.05) is 16.5 Å². The zero-order valence-corrected chi connectivity index (χ0v) is 34.7. The second-order valence-electron chi connectivity index (χ2n) is 15.1. The lowest BCUT2D eigenvalue weighted by Gasteiger charge is -2.34. The fourth-order valence-electron chi connectivity index (χ4n) is 8.12. The van der Waals surface area contributed by atoms with Gasteiger partial charge < -0.3 is 4.57 Å². The summed E-state index contributed by atoms with van der Waals surface area (Å²) in [5, 5.41) is -5.63. The first-order chi connectivity index (χ1) is 42.3. The molecule has 3 heteroatoms. The van der Waals surface area contributed by atoms with Crippen LogP contribution in [0.25, 0.3) is 27.5 Å². The van der Waals surface area contributed by atoms with Crippen molar-refractivity contribution in [3.05, 3.63) is 247 Å². The molecule has 9 aromatic carbocycles. The highest BCUT2D eigenvalue weighted by molar-refractivity contribution is 7.20. The predicted molar refractivity (Wildman–Crippen MR) is 267 cm³/mol. The van der Waals surface area contributed by atoms with E-state index in [9.17, 15) is 16.4 Å². The van der Waals surface area contributed by atoms with Gasteiger partial charge >= 0.3 is 0 Å². The van der Waals surface area contributed by atoms with Gasteiger partial charge in [0.1, 0.15) is 0 Å². The Bertz CT molecular complexity index is 4100. The Balaban J connectivity index is 1.57. The quantitative estimate of drug-likeness (QED) is 0.101. The van der Waals surface area contributed by atoms with E-state index in [4.69, 9.17) is 24.7 Å². The molecule has 0 spiro atoms. The first-order valence-electron chi connectivity index (χ1n) is 34.0. The van der Waals surface area contributed by atoms with E-state index >= 15 is 0 Å². The van der Waals surface area contributed by atoms with Gasteiger partial charge in [-0.15, -0.1) is 0 Å². The van der Waals surface area contributed by atoms with Crippen molar-refractivity contribution in [1.82, 2.24) is 4.57 Å². The number of nitrogens with zero attached hydrogens (tertiary/aromatic N) is 1. The molecule has 294 valence electrons. The molecule has 61 heavy (non-hydrogen) atoms. The lowest BCUT2D eigenvalue weighted by atomic mass is 9.87. The highest BCUT2D eigenvalue weighted by Crippen LogP contribution is 2.33. The first kappa shape index (κ1) is 17.7. The van der Waals surface area contributed by atoms with Crippen LogP contribution < -0.4 is 41.5 Å². The minimum Gasteiger partial charge on any atom is -0.309 e. The van der Waals surface area contributed by atoms with Crippen molar-refractivity contribution in [2.45, 2.75) is 26.2 Å². The maximum Gasteiger partial charge on any atom is 0.179 e. The summed E-state index contributed by atoms with van der Waals surface area (Å²) in [6.07, 6.45) is 0. The Morgan fingerprint density at radius 1 is 0.344 bits per heavy atom. The Labute approximate surface area is 404 Å². The number of benzene rings is 9. The lowest BCUT2D eigenvalue weighted by molar-refractivity contribution is 0.590. The number of hydrogen-bond acceptors (Lipinski definition) is 0. The van der Waals surface area contributed by atoms with Crippen molar-refractivity contribution in [2.24, 2.45) is 0 Å². The smallest absolute Gasteiger partial charge is 0.179 e. The van der Waals surface area contributed by atoms with Crippen LogP contribution >= 0.6 is 0 Å². The molecular weight excluding hydrogens is 767 g/mol. The van der Waals surface area contributed by atoms with E-state index in [1.807, 2.05) is 32.9 Å². The highest BCUT2D eigenvalue weighted by Gasteiger charge is 2.43. The topological polar surface area (TPSA) is 4.93 Å². The molecule has 0 saturated heterocycles. The molecule has 0 bridgehead atoms. The summed E-state index contributed by atoms with van der Waals surface area (Å²) in [6.45, 7) is 5.91. The molecular formula is C58H49NSi2. The molecule has 1 aromatic heterocycles. The van der Waals surface area contributed by atoms with Crippen LogP contribution in [0.3, 0.4) is 0 Å². The maximum atomic E-state index is 9.72. The largest absolute Gasteiger partial charge is 0.309 e. The molecule has 0 aliphatic carbocycles. The summed E-state index contributed by atoms with van der Waals surface area (Å²) in [7, 11) is -11.7. The van der Waals surface area contributed by atoms with E-state index in [0.29, 0.717) is 5.69 Å². The van der Waals surface area contributed by atoms with Crippen LogP contribution in [0.2, 0.25) is 0 Å². The van der Waals surface area contributed by atoms with Crippen LogP contribution in [0, 0.1) is 0 Å². The van der Waals surface area contributed by atoms with Gasteiger partial charge in [0.2, 0.25) is 0 Å². The third-order valence-electron chi connectivity index (χ3n) is 10.9. The Kier molecular flexibility index (Phi) is 4.54. The summed E-state index contributed by atoms with van der Waals surface area (Å²) in [4.78, 5) is 0. The van der Waals surface area contributed by atoms with Crippen molar-refractivity contribution in [1.29, 1.82) is 0 Å². The molecule has 0 atom stereocenters. The van der Waals surface area contributed by atoms with Gasteiger partial charge in [-0.05, 0) is 76.7 Å². The molecule has 1 heterocycles. The van der Waals surface area contributed by atoms with Gasteiger partial charge in [-0.25, -0.2) is 0 Å². The van der Waals surface area contributed by atoms with Crippen LogP contribution in [0.4, 0.5) is 0 Å². The fourth-order valence-corrected chi connectivity index (χ4v) is 15.7. The van der Waals surface area contributed by atoms with Crippen molar-refractivity contribution in [2.75, 3.05) is 0 Å². The summed E-state index contributed by atoms with van der Waals surface area (Å²) in [5.41, 5.74) is 1.21. The number of rotatable bonds is 9. The first-order valence-corrected chi connectivity index (χ1v) is 23.0. The third-order valence-corrected chi connectivity index (χ3v) is 19.2. The molecule has 10 aromatic rings. The van der Waals surface area contributed by atoms with Gasteiger partial charge in [0.05, 0.1) is 52.2 Å². The maximum absolute atomic E-state index is 9.72. The Hall–Kier alpha value is -6.79. The van der Waals surface area contributed by atoms with E-state index in [2.05, 4.69) is 0 Å². The average molecular weight is 846 g/mol. The van der Waals surface area contributed by atoms with Crippen LogP contribution in [0.5, 0.6) is 0 Å². The minimum atomic E-state index is -5.86. The van der Waals surface area contributed by atoms with Crippen LogP contribution in [0.15, 0.2) is 242 Å². The zero-order chi connectivity index (χ0) is 67.6. The van der Waals surface area contributed by atoms with E-state index < -0.39 is 234 Å². The highest BCUT2D eigenvalue weighted by atomic mass is 28.3. The lowest BCUT2D eigenvalue weighted by Crippen LogP contribution is -2.74. The van der Waals surface area contributed by atoms with E-state index in [0.717, 1.165) is 5.56 Å². The second kappa shape index (κ2) is 15.7. The zero-order valence-electron chi connectivity index (χ0n) is 62.7. The van der Waals surface area contributed by atoms with E-state index in [1.54, 1.807) is 16.7 Å². The minimum absolute atomic E-state index is 0.0377. The molecule has 0 saturated carbocycles. The van der Waals surface area contributed by atoms with Crippen molar-refractivity contribution >= 4 is 79.4 Å². The SMILES string of the molecule is [2H]c1c([2H])c([2H])c([Si](c2ccc3c(c2)c2cc([Si](c4c([2H])c([2H])c([2H])c([2H])c4[2H])(c4c([2H])c([2H])c([2H])c([2H])c4[2H])c4c([2H])c([2H])c([2H])c([2H])c4[2H])ccc2n3-c2ccc(C(C)(C)C)cc2)(c2c([2H])c([2H])c([2H])c([2H])c2[2H])c2c([2H])c([2H])c([2H])c([2H])c2[2H])c([2H])c1[2H]. The molecule has 10 rings (SSSR count). The van der Waals surface area contributed by atoms with Crippen LogP contribution in [0.1, 0.15) is 67.5 Å². The number of hydrogen-bond donors (Lipinski definition) is 0. The van der Waals surface area contributed by atoms with Gasteiger partial charge in [-0.2, -0.15) is 0 Å². The Morgan fingerprint density at radius 3 is 0.885 bits per heavy atom. The standard InChI is InChI=1S/C58H49NSi2/c1-58(2,3)44-34-36-45(37-35-44)59-56-40-38-52(60(46-22-10-4-11-23-46,47-24-12-5-13-25-47)48-26-14-6-15-27-48)42-54(56)55-43-53(39-41-57(55)59)61(49-28-16-7-17-29-49,50-30-18-8-19-31-50)51-32-20-9-21-33-51/h4-43H,1-3H3/i4D,5D,6D,7D,8D,9D,10D,11D,12D,13D,14D,15D,16D,17D,18D,19D,20D,21D,22D,23D,24D,25D,26D,27D,28D,29D,30D,31D,32D,33D. The number of fused-ring (bicyclic) bond motifs is 3. The number of aromatic nitrogens is 1. The molecule has 1 nitrogen and oxygen atoms in total. The normalized spacial score (nSPS) is 19.1. The molecule has 0 radical (unpaired) electrons. The van der Waals surface area contributed by atoms with Gasteiger partial charge in [-0.3, -0.25) is 0 Å². The second-order valence-corrected chi connectivity index (χ2v) is 22.3. The summed E-state index contributed by atoms with van der Waals surface area (Å²) in [5.74, 6) is 0. The molecule has 0 aliphatic heterocycles. The Morgan fingerprint density at radius 2 is 0.623 bits per heavy atom. The van der Waals surface area contributed by atoms with E-state index in [-0.39, 0.29) is 32.2 Å². The summed E-state index contributed by atoms with van der Waals surface area (Å²) in [6, 6.07) is -15.4. The van der Waals surface area contributed by atoms with E-state index in [1.165, 1.54) is 36.4 Å². The molecule has 0 amide bonds. The summed E-state index contributed by atoms with van der Waals surface area (Å²) >= 11 is 0. The predicted octanol–water partition coefficient (Wildman–Crippen LogP) is 8.84. The molecule has 0 unspecified atom stereocenters. The fraction of sp³-hybridized carbons (Fsp3) is 0.0690. The molecule has 0 N–H and O–H groups in total. The van der Waals surface area contributed by atoms with Gasteiger partial charge in [0.15, 0.2) is 16.1 Å². The third kappa shape index (κ3) is 6.44. The molecule has 0 aliphatic rings. The van der Waals surface area contributed by atoms with Crippen molar-refractivity contribution in [3.8, 4) is 5.69 Å². The van der Waals surface area contributed by atoms with Gasteiger partial charge in [0.25, 0.3) is 0 Å². The summed E-state index contributed by atoms with van der Waals surface area (Å²) < 4.78 is 280. The van der Waals surface area contributed by atoms with Crippen molar-refractivity contribution in [3.63, 3.8) is 0 Å². The van der Waals surface area contributed by atoms with Crippen LogP contribution in [-0.4, -0.2) is 20.7 Å². The monoisotopic (exact) mass is 846 g/mol.